The number of oxime groups is 1. The minimum Gasteiger partial charge on any atom is -0.409 e. The minimum atomic E-state index is -0.814. The van der Waals surface area contributed by atoms with E-state index >= 15 is 0 Å². The third-order valence-corrected chi connectivity index (χ3v) is 4.23. The number of nitrogens with zero attached hydrogens (tertiary/aromatic N) is 2. The second kappa shape index (κ2) is 6.92. The third-order valence-electron chi connectivity index (χ3n) is 4.23. The molecule has 1 aliphatic carbocycles. The smallest absolute Gasteiger partial charge is 0.234 e. The molecule has 0 aromatic carbocycles. The molecule has 4 N–H and O–H groups in total. The highest BCUT2D eigenvalue weighted by Crippen LogP contribution is 2.45. The highest BCUT2D eigenvalue weighted by Gasteiger charge is 2.52. The summed E-state index contributed by atoms with van der Waals surface area (Å²) in [5, 5.41) is 15.0. The van der Waals surface area contributed by atoms with Gasteiger partial charge in [0.05, 0.1) is 0 Å². The van der Waals surface area contributed by atoms with Crippen molar-refractivity contribution >= 4 is 11.7 Å². The Hall–Kier alpha value is -1.30. The summed E-state index contributed by atoms with van der Waals surface area (Å²) in [6.07, 6.45) is 1.29. The SMILES string of the molecule is CCN(CC)CC(C)NC(=O)C1(C(N)=NO)CC(C)C1. The molecule has 1 unspecified atom stereocenters. The largest absolute Gasteiger partial charge is 0.409 e. The maximum Gasteiger partial charge on any atom is 0.234 e. The molecule has 116 valence electrons. The summed E-state index contributed by atoms with van der Waals surface area (Å²) in [5.74, 6) is 0.341. The van der Waals surface area contributed by atoms with Crippen molar-refractivity contribution in [3.8, 4) is 0 Å². The molecule has 0 aromatic rings. The fraction of sp³-hybridized carbons (Fsp3) is 0.857. The number of hydrogen-bond acceptors (Lipinski definition) is 4. The second-order valence-electron chi connectivity index (χ2n) is 5.94. The minimum absolute atomic E-state index is 0.0307. The molecule has 20 heavy (non-hydrogen) atoms. The Morgan fingerprint density at radius 3 is 2.45 bits per heavy atom. The van der Waals surface area contributed by atoms with Crippen molar-refractivity contribution in [2.45, 2.75) is 46.6 Å². The van der Waals surface area contributed by atoms with Crippen LogP contribution >= 0.6 is 0 Å². The predicted octanol–water partition coefficient (Wildman–Crippen LogP) is 0.996. The van der Waals surface area contributed by atoms with E-state index in [0.29, 0.717) is 18.8 Å². The Balaban J connectivity index is 2.64. The molecule has 0 aromatic heterocycles. The molecule has 0 bridgehead atoms. The summed E-state index contributed by atoms with van der Waals surface area (Å²) < 4.78 is 0. The zero-order valence-corrected chi connectivity index (χ0v) is 13.0. The molecule has 1 saturated carbocycles. The second-order valence-corrected chi connectivity index (χ2v) is 5.94. The maximum atomic E-state index is 12.5. The van der Waals surface area contributed by atoms with Gasteiger partial charge in [-0.05, 0) is 38.8 Å². The van der Waals surface area contributed by atoms with Crippen LogP contribution in [0.15, 0.2) is 5.16 Å². The van der Waals surface area contributed by atoms with E-state index in [9.17, 15) is 4.79 Å². The van der Waals surface area contributed by atoms with Gasteiger partial charge >= 0.3 is 0 Å². The summed E-state index contributed by atoms with van der Waals surface area (Å²) >= 11 is 0. The van der Waals surface area contributed by atoms with E-state index < -0.39 is 5.41 Å². The van der Waals surface area contributed by atoms with Gasteiger partial charge in [-0.3, -0.25) is 4.79 Å². The molecule has 0 saturated heterocycles. The van der Waals surface area contributed by atoms with E-state index in [2.05, 4.69) is 36.1 Å². The first-order valence-corrected chi connectivity index (χ1v) is 7.40. The van der Waals surface area contributed by atoms with Crippen molar-refractivity contribution in [1.82, 2.24) is 10.2 Å². The predicted molar refractivity (Wildman–Crippen MR) is 79.6 cm³/mol. The molecule has 6 heteroatoms. The standard InChI is InChI=1S/C14H28N4O2/c1-5-18(6-2)9-11(4)16-13(19)14(12(15)17-20)7-10(3)8-14/h10-11,20H,5-9H2,1-4H3,(H2,15,17)(H,16,19). The topological polar surface area (TPSA) is 91.0 Å². The lowest BCUT2D eigenvalue weighted by atomic mass is 9.61. The molecule has 1 rings (SSSR count). The van der Waals surface area contributed by atoms with Crippen LogP contribution in [0.2, 0.25) is 0 Å². The van der Waals surface area contributed by atoms with Crippen LogP contribution in [0.4, 0.5) is 0 Å². The molecule has 0 spiro atoms. The van der Waals surface area contributed by atoms with Gasteiger partial charge in [0.2, 0.25) is 5.91 Å². The molecular formula is C14H28N4O2. The number of likely N-dealkylation sites (N-methyl/N-ethyl adjacent to an activating group) is 1. The summed E-state index contributed by atoms with van der Waals surface area (Å²) in [4.78, 5) is 14.7. The zero-order chi connectivity index (χ0) is 15.3. The number of nitrogens with one attached hydrogen (secondary N) is 1. The number of carbonyl (C=O) groups is 1. The molecule has 0 heterocycles. The van der Waals surface area contributed by atoms with Crippen molar-refractivity contribution in [2.75, 3.05) is 19.6 Å². The van der Waals surface area contributed by atoms with Crippen LogP contribution in [0.3, 0.4) is 0 Å². The Morgan fingerprint density at radius 2 is 2.05 bits per heavy atom. The Morgan fingerprint density at radius 1 is 1.50 bits per heavy atom. The molecule has 0 radical (unpaired) electrons. The average molecular weight is 284 g/mol. The molecule has 1 atom stereocenters. The Kier molecular flexibility index (Phi) is 5.80. The number of rotatable bonds is 7. The summed E-state index contributed by atoms with van der Waals surface area (Å²) in [6.45, 7) is 11.0. The summed E-state index contributed by atoms with van der Waals surface area (Å²) in [7, 11) is 0. The zero-order valence-electron chi connectivity index (χ0n) is 13.0. The molecule has 0 aliphatic heterocycles. The fourth-order valence-corrected chi connectivity index (χ4v) is 3.01. The van der Waals surface area contributed by atoms with Crippen LogP contribution in [-0.2, 0) is 4.79 Å². The van der Waals surface area contributed by atoms with Crippen LogP contribution in [0.25, 0.3) is 0 Å². The molecule has 1 amide bonds. The highest BCUT2D eigenvalue weighted by molar-refractivity contribution is 6.07. The number of hydrogen-bond donors (Lipinski definition) is 3. The lowest BCUT2D eigenvalue weighted by Gasteiger charge is -2.44. The van der Waals surface area contributed by atoms with Gasteiger partial charge in [-0.15, -0.1) is 0 Å². The lowest BCUT2D eigenvalue weighted by Crippen LogP contribution is -2.59. The van der Waals surface area contributed by atoms with Crippen molar-refractivity contribution in [3.05, 3.63) is 0 Å². The van der Waals surface area contributed by atoms with Crippen molar-refractivity contribution in [3.63, 3.8) is 0 Å². The van der Waals surface area contributed by atoms with Crippen LogP contribution in [0.5, 0.6) is 0 Å². The highest BCUT2D eigenvalue weighted by atomic mass is 16.4. The van der Waals surface area contributed by atoms with Gasteiger partial charge in [0.15, 0.2) is 5.84 Å². The summed E-state index contributed by atoms with van der Waals surface area (Å²) in [5.41, 5.74) is 4.92. The molecule has 6 nitrogen and oxygen atoms in total. The molecular weight excluding hydrogens is 256 g/mol. The Bertz CT molecular complexity index is 360. The third kappa shape index (κ3) is 3.42. The van der Waals surface area contributed by atoms with E-state index in [0.717, 1.165) is 19.6 Å². The maximum absolute atomic E-state index is 12.5. The van der Waals surface area contributed by atoms with Gasteiger partial charge in [-0.1, -0.05) is 25.9 Å². The first-order valence-electron chi connectivity index (χ1n) is 7.40. The van der Waals surface area contributed by atoms with Crippen LogP contribution in [-0.4, -0.2) is 47.5 Å². The summed E-state index contributed by atoms with van der Waals surface area (Å²) in [6, 6.07) is 0.0432. The van der Waals surface area contributed by atoms with Crippen LogP contribution < -0.4 is 11.1 Å². The molecule has 1 aliphatic rings. The lowest BCUT2D eigenvalue weighted by molar-refractivity contribution is -0.133. The first-order chi connectivity index (χ1) is 9.39. The quantitative estimate of drug-likeness (QED) is 0.281. The number of carbonyl (C=O) groups excluding carboxylic acids is 1. The van der Waals surface area contributed by atoms with Crippen molar-refractivity contribution in [2.24, 2.45) is 22.2 Å². The van der Waals surface area contributed by atoms with E-state index in [4.69, 9.17) is 10.9 Å². The van der Waals surface area contributed by atoms with Crippen molar-refractivity contribution < 1.29 is 10.0 Å². The first kappa shape index (κ1) is 16.8. The van der Waals surface area contributed by atoms with E-state index in [1.165, 1.54) is 0 Å². The van der Waals surface area contributed by atoms with Gasteiger partial charge in [-0.2, -0.15) is 0 Å². The number of nitrogens with two attached hydrogens (primary N) is 1. The van der Waals surface area contributed by atoms with E-state index in [1.54, 1.807) is 0 Å². The monoisotopic (exact) mass is 284 g/mol. The van der Waals surface area contributed by atoms with Crippen molar-refractivity contribution in [1.29, 1.82) is 0 Å². The van der Waals surface area contributed by atoms with Gasteiger partial charge < -0.3 is 21.2 Å². The molecule has 1 fully saturated rings. The van der Waals surface area contributed by atoms with E-state index in [-0.39, 0.29) is 17.8 Å². The average Bonchev–Trinajstić information content (AvgIpc) is 2.39. The van der Waals surface area contributed by atoms with Gasteiger partial charge in [-0.25, -0.2) is 0 Å². The van der Waals surface area contributed by atoms with Crippen LogP contribution in [0.1, 0.15) is 40.5 Å². The number of amidine groups is 1. The normalized spacial score (nSPS) is 28.1. The Labute approximate surface area is 121 Å². The van der Waals surface area contributed by atoms with Gasteiger partial charge in [0, 0.05) is 12.6 Å². The fourth-order valence-electron chi connectivity index (χ4n) is 3.01. The van der Waals surface area contributed by atoms with E-state index in [1.807, 2.05) is 6.92 Å². The van der Waals surface area contributed by atoms with Gasteiger partial charge in [0.1, 0.15) is 5.41 Å². The van der Waals surface area contributed by atoms with Gasteiger partial charge in [0.25, 0.3) is 0 Å². The van der Waals surface area contributed by atoms with Crippen LogP contribution in [0, 0.1) is 11.3 Å². The number of amides is 1.